The summed E-state index contributed by atoms with van der Waals surface area (Å²) in [5, 5.41) is 0. The fourth-order valence-corrected chi connectivity index (χ4v) is 3.13. The molecule has 14 heavy (non-hydrogen) atoms. The molecule has 3 nitrogen and oxygen atoms in total. The van der Waals surface area contributed by atoms with Crippen molar-refractivity contribution in [3.05, 3.63) is 0 Å². The van der Waals surface area contributed by atoms with Crippen LogP contribution in [0.5, 0.6) is 0 Å². The van der Waals surface area contributed by atoms with Gasteiger partial charge in [0.1, 0.15) is 0 Å². The van der Waals surface area contributed by atoms with Crippen molar-refractivity contribution in [2.24, 2.45) is 11.8 Å². The Balaban J connectivity index is 2.54. The molecule has 3 unspecified atom stereocenters. The summed E-state index contributed by atoms with van der Waals surface area (Å²) in [5.41, 5.74) is 0. The molecule has 0 amide bonds. The first-order chi connectivity index (χ1) is 6.44. The average molecular weight is 219 g/mol. The van der Waals surface area contributed by atoms with Crippen molar-refractivity contribution in [3.8, 4) is 0 Å². The van der Waals surface area contributed by atoms with Crippen LogP contribution in [0.25, 0.3) is 0 Å². The van der Waals surface area contributed by atoms with E-state index in [9.17, 15) is 8.42 Å². The SMILES string of the molecule is CCS(=O)(=O)NC1CCC(C)CC1C. The zero-order valence-corrected chi connectivity index (χ0v) is 10.1. The Morgan fingerprint density at radius 2 is 1.93 bits per heavy atom. The second kappa shape index (κ2) is 4.62. The first kappa shape index (κ1) is 12.0. The summed E-state index contributed by atoms with van der Waals surface area (Å²) in [6, 6.07) is 0.163. The van der Waals surface area contributed by atoms with Crippen LogP contribution in [0, 0.1) is 11.8 Å². The van der Waals surface area contributed by atoms with E-state index >= 15 is 0 Å². The van der Waals surface area contributed by atoms with Crippen molar-refractivity contribution in [2.45, 2.75) is 46.1 Å². The molecule has 1 N–H and O–H groups in total. The van der Waals surface area contributed by atoms with E-state index < -0.39 is 10.0 Å². The third kappa shape index (κ3) is 3.24. The van der Waals surface area contributed by atoms with Gasteiger partial charge >= 0.3 is 0 Å². The lowest BCUT2D eigenvalue weighted by atomic mass is 9.80. The number of hydrogen-bond acceptors (Lipinski definition) is 2. The van der Waals surface area contributed by atoms with Gasteiger partial charge in [-0.05, 0) is 38.0 Å². The molecular weight excluding hydrogens is 198 g/mol. The number of nitrogens with one attached hydrogen (secondary N) is 1. The van der Waals surface area contributed by atoms with Crippen LogP contribution in [0.3, 0.4) is 0 Å². The zero-order valence-electron chi connectivity index (χ0n) is 9.29. The smallest absolute Gasteiger partial charge is 0.211 e. The van der Waals surface area contributed by atoms with Crippen molar-refractivity contribution in [3.63, 3.8) is 0 Å². The van der Waals surface area contributed by atoms with Crippen molar-refractivity contribution in [1.29, 1.82) is 0 Å². The van der Waals surface area contributed by atoms with Crippen molar-refractivity contribution >= 4 is 10.0 Å². The fourth-order valence-electron chi connectivity index (χ4n) is 2.15. The van der Waals surface area contributed by atoms with Gasteiger partial charge in [-0.15, -0.1) is 0 Å². The van der Waals surface area contributed by atoms with Crippen LogP contribution < -0.4 is 4.72 Å². The van der Waals surface area contributed by atoms with E-state index in [-0.39, 0.29) is 11.8 Å². The summed E-state index contributed by atoms with van der Waals surface area (Å²) < 4.78 is 25.6. The predicted octanol–water partition coefficient (Wildman–Crippen LogP) is 1.75. The van der Waals surface area contributed by atoms with E-state index in [0.717, 1.165) is 25.2 Å². The van der Waals surface area contributed by atoms with Gasteiger partial charge in [0.05, 0.1) is 5.75 Å². The van der Waals surface area contributed by atoms with Gasteiger partial charge in [-0.25, -0.2) is 13.1 Å². The van der Waals surface area contributed by atoms with Gasteiger partial charge in [0.25, 0.3) is 0 Å². The molecule has 1 rings (SSSR count). The predicted molar refractivity (Wildman–Crippen MR) is 58.6 cm³/mol. The molecule has 1 aliphatic carbocycles. The highest BCUT2D eigenvalue weighted by atomic mass is 32.2. The lowest BCUT2D eigenvalue weighted by molar-refractivity contribution is 0.249. The summed E-state index contributed by atoms with van der Waals surface area (Å²) in [6.45, 7) is 6.05. The largest absolute Gasteiger partial charge is 0.212 e. The van der Waals surface area contributed by atoms with Crippen molar-refractivity contribution in [1.82, 2.24) is 4.72 Å². The van der Waals surface area contributed by atoms with E-state index in [0.29, 0.717) is 5.92 Å². The minimum Gasteiger partial charge on any atom is -0.212 e. The van der Waals surface area contributed by atoms with Gasteiger partial charge < -0.3 is 0 Å². The number of rotatable bonds is 3. The number of sulfonamides is 1. The second-order valence-corrected chi connectivity index (χ2v) is 6.57. The maximum atomic E-state index is 11.4. The minimum atomic E-state index is -3.02. The monoisotopic (exact) mass is 219 g/mol. The Morgan fingerprint density at radius 3 is 2.43 bits per heavy atom. The second-order valence-electron chi connectivity index (χ2n) is 4.52. The van der Waals surface area contributed by atoms with Gasteiger partial charge in [0, 0.05) is 6.04 Å². The summed E-state index contributed by atoms with van der Waals surface area (Å²) in [4.78, 5) is 0. The van der Waals surface area contributed by atoms with Crippen molar-refractivity contribution in [2.75, 3.05) is 5.75 Å². The molecule has 3 atom stereocenters. The van der Waals surface area contributed by atoms with Gasteiger partial charge in [-0.1, -0.05) is 13.8 Å². The molecule has 0 bridgehead atoms. The quantitative estimate of drug-likeness (QED) is 0.786. The molecule has 0 saturated heterocycles. The molecule has 0 spiro atoms. The lowest BCUT2D eigenvalue weighted by Gasteiger charge is -2.32. The van der Waals surface area contributed by atoms with Crippen molar-refractivity contribution < 1.29 is 8.42 Å². The van der Waals surface area contributed by atoms with E-state index in [1.165, 1.54) is 0 Å². The highest BCUT2D eigenvalue weighted by Crippen LogP contribution is 2.28. The van der Waals surface area contributed by atoms with Gasteiger partial charge in [0.2, 0.25) is 10.0 Å². The lowest BCUT2D eigenvalue weighted by Crippen LogP contribution is -2.42. The molecule has 1 aliphatic rings. The molecule has 4 heteroatoms. The average Bonchev–Trinajstić information content (AvgIpc) is 2.10. The summed E-state index contributed by atoms with van der Waals surface area (Å²) in [7, 11) is -3.02. The first-order valence-corrected chi connectivity index (χ1v) is 7.10. The fraction of sp³-hybridized carbons (Fsp3) is 1.00. The maximum Gasteiger partial charge on any atom is 0.211 e. The van der Waals surface area contributed by atoms with Crippen LogP contribution in [0.1, 0.15) is 40.0 Å². The molecule has 0 aliphatic heterocycles. The van der Waals surface area contributed by atoms with Crippen LogP contribution >= 0.6 is 0 Å². The van der Waals surface area contributed by atoms with Crippen LogP contribution in [0.2, 0.25) is 0 Å². The van der Waals surface area contributed by atoms with Gasteiger partial charge in [-0.3, -0.25) is 0 Å². The maximum absolute atomic E-state index is 11.4. The highest BCUT2D eigenvalue weighted by molar-refractivity contribution is 7.89. The topological polar surface area (TPSA) is 46.2 Å². The zero-order chi connectivity index (χ0) is 10.8. The van der Waals surface area contributed by atoms with Gasteiger partial charge in [-0.2, -0.15) is 0 Å². The minimum absolute atomic E-state index is 0.163. The van der Waals surface area contributed by atoms with Crippen LogP contribution in [0.4, 0.5) is 0 Å². The molecule has 0 aromatic rings. The molecule has 1 saturated carbocycles. The van der Waals surface area contributed by atoms with E-state index in [1.807, 2.05) is 0 Å². The van der Waals surface area contributed by atoms with Crippen LogP contribution in [-0.4, -0.2) is 20.2 Å². The summed E-state index contributed by atoms with van der Waals surface area (Å²) in [5.74, 6) is 1.40. The third-order valence-corrected chi connectivity index (χ3v) is 4.56. The Morgan fingerprint density at radius 1 is 1.29 bits per heavy atom. The van der Waals surface area contributed by atoms with Crippen LogP contribution in [-0.2, 0) is 10.0 Å². The Bertz CT molecular complexity index is 274. The summed E-state index contributed by atoms with van der Waals surface area (Å²) in [6.07, 6.45) is 3.26. The molecule has 0 aromatic carbocycles. The third-order valence-electron chi connectivity index (χ3n) is 3.14. The molecular formula is C10H21NO2S. The molecule has 0 radical (unpaired) electrons. The molecule has 0 heterocycles. The Labute approximate surface area is 87.3 Å². The van der Waals surface area contributed by atoms with Crippen LogP contribution in [0.15, 0.2) is 0 Å². The van der Waals surface area contributed by atoms with E-state index in [2.05, 4.69) is 18.6 Å². The Hall–Kier alpha value is -0.0900. The van der Waals surface area contributed by atoms with Gasteiger partial charge in [0.15, 0.2) is 0 Å². The highest BCUT2D eigenvalue weighted by Gasteiger charge is 2.27. The first-order valence-electron chi connectivity index (χ1n) is 5.44. The van der Waals surface area contributed by atoms with E-state index in [1.54, 1.807) is 6.92 Å². The number of hydrogen-bond donors (Lipinski definition) is 1. The molecule has 0 aromatic heterocycles. The Kier molecular flexibility index (Phi) is 3.95. The normalized spacial score (nSPS) is 34.4. The summed E-state index contributed by atoms with van der Waals surface area (Å²) >= 11 is 0. The standard InChI is InChI=1S/C10H21NO2S/c1-4-14(12,13)11-10-6-5-8(2)7-9(10)3/h8-11H,4-7H2,1-3H3. The molecule has 1 fully saturated rings. The van der Waals surface area contributed by atoms with E-state index in [4.69, 9.17) is 0 Å². The molecule has 84 valence electrons.